The van der Waals surface area contributed by atoms with E-state index in [4.69, 9.17) is 9.97 Å². The third-order valence-corrected chi connectivity index (χ3v) is 10.9. The molecule has 0 saturated heterocycles. The van der Waals surface area contributed by atoms with Crippen molar-refractivity contribution in [1.29, 1.82) is 0 Å². The molecule has 0 saturated carbocycles. The second kappa shape index (κ2) is 8.77. The lowest BCUT2D eigenvalue weighted by Crippen LogP contribution is -2.05. The summed E-state index contributed by atoms with van der Waals surface area (Å²) in [4.78, 5) is 12.9. The van der Waals surface area contributed by atoms with Gasteiger partial charge in [-0.15, -0.1) is 11.3 Å². The van der Waals surface area contributed by atoms with Crippen molar-refractivity contribution < 1.29 is 0 Å². The SMILES string of the molecule is c1ccc2c(c1)Sc1cccc3nc(-n4c5ccccc5c5cc(-c6ccc7sc8ccccc8c7c6)ccc54)nc-2c13. The fourth-order valence-electron chi connectivity index (χ4n) is 6.66. The quantitative estimate of drug-likeness (QED) is 0.203. The van der Waals surface area contributed by atoms with E-state index in [-0.39, 0.29) is 0 Å². The van der Waals surface area contributed by atoms with E-state index >= 15 is 0 Å². The zero-order valence-corrected chi connectivity index (χ0v) is 24.4. The average Bonchev–Trinajstić information content (AvgIpc) is 3.60. The van der Waals surface area contributed by atoms with E-state index in [1.807, 2.05) is 11.3 Å². The maximum absolute atomic E-state index is 5.29. The van der Waals surface area contributed by atoms with Crippen molar-refractivity contribution >= 4 is 76.0 Å². The zero-order valence-electron chi connectivity index (χ0n) is 22.8. The summed E-state index contributed by atoms with van der Waals surface area (Å²) in [6.07, 6.45) is 0. The summed E-state index contributed by atoms with van der Waals surface area (Å²) in [7, 11) is 0. The molecule has 3 aromatic heterocycles. The predicted molar refractivity (Wildman–Crippen MR) is 182 cm³/mol. The summed E-state index contributed by atoms with van der Waals surface area (Å²) < 4.78 is 4.89. The number of benzene rings is 6. The molecule has 200 valence electrons. The van der Waals surface area contributed by atoms with Gasteiger partial charge in [-0.2, -0.15) is 0 Å². The molecule has 0 bridgehead atoms. The molecule has 0 aliphatic carbocycles. The molecular formula is C38H21N3S2. The first-order valence-electron chi connectivity index (χ1n) is 14.3. The molecule has 0 fully saturated rings. The topological polar surface area (TPSA) is 30.7 Å². The van der Waals surface area contributed by atoms with Crippen molar-refractivity contribution in [3.05, 3.63) is 127 Å². The Bertz CT molecular complexity index is 2610. The van der Waals surface area contributed by atoms with Gasteiger partial charge in [-0.1, -0.05) is 84.6 Å². The van der Waals surface area contributed by atoms with Crippen LogP contribution in [0, 0.1) is 0 Å². The number of nitrogens with zero attached hydrogens (tertiary/aromatic N) is 3. The first-order valence-corrected chi connectivity index (χ1v) is 16.0. The molecular weight excluding hydrogens is 563 g/mol. The summed E-state index contributed by atoms with van der Waals surface area (Å²) in [6, 6.07) is 45.9. The van der Waals surface area contributed by atoms with Crippen LogP contribution in [0.2, 0.25) is 0 Å². The lowest BCUT2D eigenvalue weighted by molar-refractivity contribution is 1.01. The maximum Gasteiger partial charge on any atom is 0.235 e. The summed E-state index contributed by atoms with van der Waals surface area (Å²) in [6.45, 7) is 0. The number of para-hydroxylation sites is 1. The molecule has 1 aliphatic rings. The van der Waals surface area contributed by atoms with E-state index in [1.165, 1.54) is 57.4 Å². The van der Waals surface area contributed by atoms with E-state index in [0.717, 1.165) is 27.6 Å². The molecule has 0 atom stereocenters. The van der Waals surface area contributed by atoms with Crippen LogP contribution >= 0.6 is 23.1 Å². The Morgan fingerprint density at radius 3 is 2.19 bits per heavy atom. The van der Waals surface area contributed by atoms with Crippen LogP contribution in [0.1, 0.15) is 0 Å². The normalized spacial score (nSPS) is 12.6. The third kappa shape index (κ3) is 3.38. The first-order chi connectivity index (χ1) is 21.3. The fraction of sp³-hybridized carbons (Fsp3) is 0. The fourth-order valence-corrected chi connectivity index (χ4v) is 8.86. The van der Waals surface area contributed by atoms with Gasteiger partial charge in [0.15, 0.2) is 0 Å². The van der Waals surface area contributed by atoms with Gasteiger partial charge >= 0.3 is 0 Å². The minimum Gasteiger partial charge on any atom is -0.278 e. The van der Waals surface area contributed by atoms with Gasteiger partial charge in [0.25, 0.3) is 0 Å². The average molecular weight is 584 g/mol. The lowest BCUT2D eigenvalue weighted by Gasteiger charge is -2.20. The van der Waals surface area contributed by atoms with Crippen molar-refractivity contribution in [3.8, 4) is 28.3 Å². The van der Waals surface area contributed by atoms with Gasteiger partial charge in [0, 0.05) is 51.7 Å². The Morgan fingerprint density at radius 1 is 0.512 bits per heavy atom. The molecule has 0 unspecified atom stereocenters. The van der Waals surface area contributed by atoms with Gasteiger partial charge in [0.2, 0.25) is 5.95 Å². The highest BCUT2D eigenvalue weighted by molar-refractivity contribution is 7.99. The molecule has 10 rings (SSSR count). The molecule has 5 heteroatoms. The predicted octanol–water partition coefficient (Wildman–Crippen LogP) is 10.9. The van der Waals surface area contributed by atoms with Crippen LogP contribution in [0.3, 0.4) is 0 Å². The molecule has 3 nitrogen and oxygen atoms in total. The second-order valence-electron chi connectivity index (χ2n) is 11.0. The molecule has 1 aliphatic heterocycles. The van der Waals surface area contributed by atoms with Gasteiger partial charge in [0.05, 0.1) is 22.2 Å². The monoisotopic (exact) mass is 583 g/mol. The van der Waals surface area contributed by atoms with E-state index < -0.39 is 0 Å². The number of fused-ring (bicyclic) bond motifs is 8. The highest BCUT2D eigenvalue weighted by Crippen LogP contribution is 2.47. The maximum atomic E-state index is 5.29. The smallest absolute Gasteiger partial charge is 0.235 e. The molecule has 0 spiro atoms. The second-order valence-corrected chi connectivity index (χ2v) is 13.2. The Kier molecular flexibility index (Phi) is 4.81. The Morgan fingerprint density at radius 2 is 1.23 bits per heavy atom. The number of hydrogen-bond acceptors (Lipinski definition) is 4. The first kappa shape index (κ1) is 23.6. The summed E-state index contributed by atoms with van der Waals surface area (Å²) in [5.74, 6) is 0.700. The Labute approximate surface area is 255 Å². The van der Waals surface area contributed by atoms with Gasteiger partial charge in [-0.25, -0.2) is 9.97 Å². The van der Waals surface area contributed by atoms with Crippen molar-refractivity contribution in [3.63, 3.8) is 0 Å². The van der Waals surface area contributed by atoms with E-state index in [2.05, 4.69) is 132 Å². The molecule has 0 amide bonds. The lowest BCUT2D eigenvalue weighted by atomic mass is 10.0. The van der Waals surface area contributed by atoms with Gasteiger partial charge in [-0.05, 0) is 65.7 Å². The number of hydrogen-bond donors (Lipinski definition) is 0. The zero-order chi connectivity index (χ0) is 28.1. The molecule has 43 heavy (non-hydrogen) atoms. The van der Waals surface area contributed by atoms with Gasteiger partial charge < -0.3 is 0 Å². The minimum absolute atomic E-state index is 0.700. The van der Waals surface area contributed by atoms with Crippen molar-refractivity contribution in [1.82, 2.24) is 14.5 Å². The van der Waals surface area contributed by atoms with Crippen molar-refractivity contribution in [2.45, 2.75) is 9.79 Å². The summed E-state index contributed by atoms with van der Waals surface area (Å²) in [5.41, 5.74) is 7.78. The van der Waals surface area contributed by atoms with Gasteiger partial charge in [0.1, 0.15) is 0 Å². The minimum atomic E-state index is 0.700. The molecule has 4 heterocycles. The number of rotatable bonds is 2. The van der Waals surface area contributed by atoms with Crippen LogP contribution in [-0.2, 0) is 0 Å². The Balaban J connectivity index is 1.22. The van der Waals surface area contributed by atoms with Crippen LogP contribution in [0.15, 0.2) is 137 Å². The highest BCUT2D eigenvalue weighted by Gasteiger charge is 2.23. The van der Waals surface area contributed by atoms with E-state index in [0.29, 0.717) is 5.95 Å². The standard InChI is InChI=1S/C38H21N3S2/c1-4-12-30-24(8-1)27-20-22(23-17-19-34-28(21-23)25-9-2-5-13-32(25)42-34)16-18-31(27)41(30)38-39-29-11-7-15-35-36(29)37(40-38)26-10-3-6-14-33(26)43-35/h1-21H. The number of thiophene rings is 1. The van der Waals surface area contributed by atoms with Crippen LogP contribution in [0.5, 0.6) is 0 Å². The Hall–Kier alpha value is -4.97. The third-order valence-electron chi connectivity index (χ3n) is 8.62. The molecule has 6 aromatic carbocycles. The number of aromatic nitrogens is 3. The summed E-state index contributed by atoms with van der Waals surface area (Å²) >= 11 is 3.66. The van der Waals surface area contributed by atoms with Gasteiger partial charge in [-0.3, -0.25) is 4.57 Å². The largest absolute Gasteiger partial charge is 0.278 e. The van der Waals surface area contributed by atoms with Crippen molar-refractivity contribution in [2.24, 2.45) is 0 Å². The highest BCUT2D eigenvalue weighted by atomic mass is 32.2. The van der Waals surface area contributed by atoms with Crippen LogP contribution in [0.25, 0.3) is 81.2 Å². The molecule has 9 aromatic rings. The van der Waals surface area contributed by atoms with Crippen LogP contribution in [0.4, 0.5) is 0 Å². The summed E-state index contributed by atoms with van der Waals surface area (Å²) in [5, 5.41) is 6.17. The van der Waals surface area contributed by atoms with Crippen LogP contribution < -0.4 is 0 Å². The molecule has 0 N–H and O–H groups in total. The molecule has 0 radical (unpaired) electrons. The van der Waals surface area contributed by atoms with E-state index in [9.17, 15) is 0 Å². The van der Waals surface area contributed by atoms with Crippen LogP contribution in [-0.4, -0.2) is 14.5 Å². The van der Waals surface area contributed by atoms with Crippen molar-refractivity contribution in [2.75, 3.05) is 0 Å². The van der Waals surface area contributed by atoms with E-state index in [1.54, 1.807) is 11.8 Å².